The van der Waals surface area contributed by atoms with Crippen molar-refractivity contribution in [3.63, 3.8) is 0 Å². The maximum absolute atomic E-state index is 12.2. The molecule has 5 heteroatoms. The van der Waals surface area contributed by atoms with Crippen molar-refractivity contribution >= 4 is 15.7 Å². The molecule has 0 heterocycles. The van der Waals surface area contributed by atoms with Gasteiger partial charge in [-0.2, -0.15) is 0 Å². The fourth-order valence-corrected chi connectivity index (χ4v) is 3.44. The van der Waals surface area contributed by atoms with Crippen LogP contribution in [0, 0.1) is 5.92 Å². The van der Waals surface area contributed by atoms with Gasteiger partial charge in [-0.3, -0.25) is 4.79 Å². The highest BCUT2D eigenvalue weighted by Crippen LogP contribution is 2.16. The molecule has 1 aromatic rings. The average molecular weight is 297 g/mol. The van der Waals surface area contributed by atoms with Crippen LogP contribution in [0.1, 0.15) is 45.0 Å². The Morgan fingerprint density at radius 3 is 2.35 bits per heavy atom. The van der Waals surface area contributed by atoms with Crippen molar-refractivity contribution in [1.29, 1.82) is 0 Å². The highest BCUT2D eigenvalue weighted by Gasteiger charge is 2.20. The number of nitrogens with one attached hydrogen (secondary N) is 1. The Labute approximate surface area is 121 Å². The molecule has 0 aliphatic rings. The van der Waals surface area contributed by atoms with E-state index in [-0.39, 0.29) is 28.0 Å². The van der Waals surface area contributed by atoms with E-state index in [2.05, 4.69) is 5.32 Å². The zero-order valence-electron chi connectivity index (χ0n) is 12.7. The van der Waals surface area contributed by atoms with Crippen LogP contribution in [0.4, 0.5) is 0 Å². The second kappa shape index (κ2) is 5.95. The molecule has 1 amide bonds. The van der Waals surface area contributed by atoms with E-state index in [4.69, 9.17) is 0 Å². The molecule has 20 heavy (non-hydrogen) atoms. The lowest BCUT2D eigenvalue weighted by molar-refractivity contribution is 0.0919. The van der Waals surface area contributed by atoms with E-state index >= 15 is 0 Å². The first-order valence-electron chi connectivity index (χ1n) is 6.66. The van der Waals surface area contributed by atoms with Gasteiger partial charge in [-0.05, 0) is 44.9 Å². The monoisotopic (exact) mass is 297 g/mol. The van der Waals surface area contributed by atoms with Crippen molar-refractivity contribution in [1.82, 2.24) is 5.32 Å². The van der Waals surface area contributed by atoms with Gasteiger partial charge in [0.2, 0.25) is 0 Å². The van der Waals surface area contributed by atoms with E-state index in [1.807, 2.05) is 34.6 Å². The van der Waals surface area contributed by atoms with Crippen LogP contribution < -0.4 is 5.32 Å². The van der Waals surface area contributed by atoms with Crippen LogP contribution in [0.25, 0.3) is 0 Å². The van der Waals surface area contributed by atoms with E-state index < -0.39 is 9.84 Å². The molecule has 0 atom stereocenters. The van der Waals surface area contributed by atoms with Crippen LogP contribution in [0.5, 0.6) is 0 Å². The molecule has 1 rings (SSSR count). The molecule has 0 aliphatic carbocycles. The van der Waals surface area contributed by atoms with Crippen molar-refractivity contribution < 1.29 is 13.2 Å². The van der Waals surface area contributed by atoms with Gasteiger partial charge in [0.1, 0.15) is 0 Å². The molecular weight excluding hydrogens is 274 g/mol. The van der Waals surface area contributed by atoms with E-state index in [1.165, 1.54) is 12.1 Å². The Morgan fingerprint density at radius 2 is 1.85 bits per heavy atom. The molecule has 0 saturated carbocycles. The Balaban J connectivity index is 3.06. The normalized spacial score (nSPS) is 12.5. The predicted octanol–water partition coefficient (Wildman–Crippen LogP) is 2.64. The van der Waals surface area contributed by atoms with Crippen LogP contribution in [0.2, 0.25) is 0 Å². The first-order chi connectivity index (χ1) is 9.01. The van der Waals surface area contributed by atoms with Gasteiger partial charge < -0.3 is 5.32 Å². The number of benzene rings is 1. The van der Waals surface area contributed by atoms with Gasteiger partial charge in [0.25, 0.3) is 5.91 Å². The number of sulfone groups is 1. The van der Waals surface area contributed by atoms with Gasteiger partial charge in [-0.15, -0.1) is 0 Å². The summed E-state index contributed by atoms with van der Waals surface area (Å²) in [7, 11) is -3.34. The van der Waals surface area contributed by atoms with Crippen LogP contribution in [-0.2, 0) is 9.84 Å². The van der Waals surface area contributed by atoms with Crippen LogP contribution in [0.15, 0.2) is 29.2 Å². The first-order valence-corrected chi connectivity index (χ1v) is 8.32. The third kappa shape index (κ3) is 4.96. The molecule has 0 unspecified atom stereocenters. The van der Waals surface area contributed by atoms with E-state index in [9.17, 15) is 13.2 Å². The number of carbonyl (C=O) groups excluding carboxylic acids is 1. The SMILES string of the molecule is CC(C)CS(=O)(=O)c1cccc(C(=O)NC(C)(C)C)c1. The third-order valence-corrected chi connectivity index (χ3v) is 4.57. The zero-order chi connectivity index (χ0) is 15.6. The lowest BCUT2D eigenvalue weighted by Gasteiger charge is -2.20. The number of rotatable bonds is 4. The summed E-state index contributed by atoms with van der Waals surface area (Å²) in [5.41, 5.74) is 0.00827. The number of hydrogen-bond acceptors (Lipinski definition) is 3. The second-order valence-corrected chi connectivity index (χ2v) is 8.44. The van der Waals surface area contributed by atoms with Gasteiger partial charge in [0, 0.05) is 11.1 Å². The Hall–Kier alpha value is -1.36. The van der Waals surface area contributed by atoms with Crippen molar-refractivity contribution in [3.8, 4) is 0 Å². The van der Waals surface area contributed by atoms with Gasteiger partial charge in [-0.1, -0.05) is 19.9 Å². The highest BCUT2D eigenvalue weighted by atomic mass is 32.2. The average Bonchev–Trinajstić information content (AvgIpc) is 2.25. The molecule has 0 aromatic heterocycles. The number of hydrogen-bond donors (Lipinski definition) is 1. The lowest BCUT2D eigenvalue weighted by atomic mass is 10.1. The van der Waals surface area contributed by atoms with Crippen molar-refractivity contribution in [2.24, 2.45) is 5.92 Å². The predicted molar refractivity (Wildman–Crippen MR) is 80.6 cm³/mol. The van der Waals surface area contributed by atoms with Crippen LogP contribution in [0.3, 0.4) is 0 Å². The molecule has 1 aromatic carbocycles. The molecular formula is C15H23NO3S. The molecule has 0 aliphatic heterocycles. The summed E-state index contributed by atoms with van der Waals surface area (Å²) in [6, 6.07) is 6.20. The summed E-state index contributed by atoms with van der Waals surface area (Å²) >= 11 is 0. The lowest BCUT2D eigenvalue weighted by Crippen LogP contribution is -2.40. The summed E-state index contributed by atoms with van der Waals surface area (Å²) in [4.78, 5) is 12.3. The second-order valence-electron chi connectivity index (χ2n) is 6.41. The van der Waals surface area contributed by atoms with Gasteiger partial charge in [0.05, 0.1) is 10.6 Å². The first kappa shape index (κ1) is 16.7. The molecule has 0 saturated heterocycles. The van der Waals surface area contributed by atoms with Crippen LogP contribution >= 0.6 is 0 Å². The van der Waals surface area contributed by atoms with Crippen molar-refractivity contribution in [3.05, 3.63) is 29.8 Å². The zero-order valence-corrected chi connectivity index (χ0v) is 13.5. The minimum absolute atomic E-state index is 0.0482. The molecule has 0 bridgehead atoms. The fraction of sp³-hybridized carbons (Fsp3) is 0.533. The van der Waals surface area contributed by atoms with Gasteiger partial charge in [0.15, 0.2) is 9.84 Å². The Kier molecular flexibility index (Phi) is 4.97. The van der Waals surface area contributed by atoms with E-state index in [0.717, 1.165) is 0 Å². The fourth-order valence-electron chi connectivity index (χ4n) is 1.78. The molecule has 0 radical (unpaired) electrons. The molecule has 4 nitrogen and oxygen atoms in total. The summed E-state index contributed by atoms with van der Waals surface area (Å²) in [6.07, 6.45) is 0. The Bertz CT molecular complexity index is 583. The van der Waals surface area contributed by atoms with E-state index in [1.54, 1.807) is 12.1 Å². The standard InChI is InChI=1S/C15H23NO3S/c1-11(2)10-20(18,19)13-8-6-7-12(9-13)14(17)16-15(3,4)5/h6-9,11H,10H2,1-5H3,(H,16,17). The summed E-state index contributed by atoms with van der Waals surface area (Å²) in [6.45, 7) is 9.35. The largest absolute Gasteiger partial charge is 0.347 e. The maximum atomic E-state index is 12.2. The minimum atomic E-state index is -3.34. The molecule has 1 N–H and O–H groups in total. The molecule has 0 fully saturated rings. The molecule has 0 spiro atoms. The van der Waals surface area contributed by atoms with Crippen LogP contribution in [-0.4, -0.2) is 25.6 Å². The Morgan fingerprint density at radius 1 is 1.25 bits per heavy atom. The number of amides is 1. The summed E-state index contributed by atoms with van der Waals surface area (Å²) in [5, 5.41) is 2.82. The smallest absolute Gasteiger partial charge is 0.251 e. The topological polar surface area (TPSA) is 63.2 Å². The summed E-state index contributed by atoms with van der Waals surface area (Å²) in [5.74, 6) is -0.136. The third-order valence-electron chi connectivity index (χ3n) is 2.50. The van der Waals surface area contributed by atoms with Crippen molar-refractivity contribution in [2.45, 2.75) is 45.1 Å². The minimum Gasteiger partial charge on any atom is -0.347 e. The molecule has 112 valence electrons. The number of carbonyl (C=O) groups is 1. The summed E-state index contributed by atoms with van der Waals surface area (Å²) < 4.78 is 24.3. The van der Waals surface area contributed by atoms with Gasteiger partial charge in [-0.25, -0.2) is 8.42 Å². The van der Waals surface area contributed by atoms with E-state index in [0.29, 0.717) is 5.56 Å². The van der Waals surface area contributed by atoms with Gasteiger partial charge >= 0.3 is 0 Å². The quantitative estimate of drug-likeness (QED) is 0.929. The maximum Gasteiger partial charge on any atom is 0.251 e. The van der Waals surface area contributed by atoms with Crippen molar-refractivity contribution in [2.75, 3.05) is 5.75 Å². The highest BCUT2D eigenvalue weighted by molar-refractivity contribution is 7.91.